The SMILES string of the molecule is Cn1cc([C@H]2CC(c3ccc(I)cc3)=NN2c2ccc([N+](=O)[O-])cc2)cn1. The fourth-order valence-electron chi connectivity index (χ4n) is 3.16. The van der Waals surface area contributed by atoms with Crippen LogP contribution >= 0.6 is 22.6 Å². The van der Waals surface area contributed by atoms with Gasteiger partial charge in [0, 0.05) is 40.9 Å². The molecule has 0 spiro atoms. The largest absolute Gasteiger partial charge is 0.275 e. The number of aryl methyl sites for hydroxylation is 1. The average Bonchev–Trinajstić information content (AvgIpc) is 3.29. The molecular weight excluding hydrogens is 457 g/mol. The molecule has 0 amide bonds. The van der Waals surface area contributed by atoms with E-state index in [4.69, 9.17) is 5.10 Å². The zero-order valence-corrected chi connectivity index (χ0v) is 16.6. The summed E-state index contributed by atoms with van der Waals surface area (Å²) in [6, 6.07) is 14.7. The summed E-state index contributed by atoms with van der Waals surface area (Å²) in [5.74, 6) is 0. The molecule has 136 valence electrons. The van der Waals surface area contributed by atoms with Crippen LogP contribution in [0.1, 0.15) is 23.6 Å². The molecule has 8 heteroatoms. The molecule has 1 atom stereocenters. The van der Waals surface area contributed by atoms with Gasteiger partial charge in [-0.2, -0.15) is 10.2 Å². The highest BCUT2D eigenvalue weighted by Gasteiger charge is 2.31. The quantitative estimate of drug-likeness (QED) is 0.322. The Morgan fingerprint density at radius 2 is 1.85 bits per heavy atom. The minimum absolute atomic E-state index is 0.00515. The highest BCUT2D eigenvalue weighted by Crippen LogP contribution is 2.37. The topological polar surface area (TPSA) is 76.6 Å². The van der Waals surface area contributed by atoms with Gasteiger partial charge < -0.3 is 0 Å². The van der Waals surface area contributed by atoms with E-state index in [2.05, 4.69) is 52.0 Å². The zero-order chi connectivity index (χ0) is 19.0. The summed E-state index contributed by atoms with van der Waals surface area (Å²) in [4.78, 5) is 10.5. The fraction of sp³-hybridized carbons (Fsp3) is 0.158. The van der Waals surface area contributed by atoms with Crippen molar-refractivity contribution in [1.29, 1.82) is 0 Å². The summed E-state index contributed by atoms with van der Waals surface area (Å²) in [7, 11) is 1.88. The highest BCUT2D eigenvalue weighted by atomic mass is 127. The average molecular weight is 473 g/mol. The predicted molar refractivity (Wildman–Crippen MR) is 112 cm³/mol. The summed E-state index contributed by atoms with van der Waals surface area (Å²) >= 11 is 2.28. The van der Waals surface area contributed by atoms with Crippen molar-refractivity contribution < 1.29 is 4.92 Å². The second kappa shape index (κ2) is 7.10. The van der Waals surface area contributed by atoms with Crippen molar-refractivity contribution in [3.63, 3.8) is 0 Å². The maximum atomic E-state index is 10.9. The molecule has 2 heterocycles. The zero-order valence-electron chi connectivity index (χ0n) is 14.5. The van der Waals surface area contributed by atoms with Crippen LogP contribution in [0, 0.1) is 13.7 Å². The second-order valence-corrected chi connectivity index (χ2v) is 7.58. The molecule has 4 rings (SSSR count). The monoisotopic (exact) mass is 473 g/mol. The van der Waals surface area contributed by atoms with Gasteiger partial charge in [0.1, 0.15) is 0 Å². The van der Waals surface area contributed by atoms with Gasteiger partial charge in [0.25, 0.3) is 5.69 Å². The number of benzene rings is 2. The van der Waals surface area contributed by atoms with Crippen LogP contribution < -0.4 is 5.01 Å². The molecule has 0 bridgehead atoms. The van der Waals surface area contributed by atoms with E-state index < -0.39 is 4.92 Å². The number of hydrogen-bond donors (Lipinski definition) is 0. The van der Waals surface area contributed by atoms with E-state index in [1.807, 2.05) is 24.5 Å². The number of rotatable bonds is 4. The van der Waals surface area contributed by atoms with Crippen LogP contribution in [0.3, 0.4) is 0 Å². The lowest BCUT2D eigenvalue weighted by atomic mass is 10.0. The Morgan fingerprint density at radius 3 is 2.44 bits per heavy atom. The standard InChI is InChI=1S/C19H16IN5O2/c1-23-12-14(11-21-23)19-10-18(13-2-4-15(20)5-3-13)22-24(19)16-6-8-17(9-7-16)25(26)27/h2-9,11-12,19H,10H2,1H3/t19-/m1/s1. The molecular formula is C19H16IN5O2. The molecule has 0 saturated carbocycles. The number of hydrogen-bond acceptors (Lipinski definition) is 5. The number of nitro groups is 1. The van der Waals surface area contributed by atoms with Crippen molar-refractivity contribution in [1.82, 2.24) is 9.78 Å². The lowest BCUT2D eigenvalue weighted by Gasteiger charge is -2.22. The minimum Gasteiger partial charge on any atom is -0.275 e. The van der Waals surface area contributed by atoms with Crippen LogP contribution in [0.5, 0.6) is 0 Å². The Morgan fingerprint density at radius 1 is 1.15 bits per heavy atom. The van der Waals surface area contributed by atoms with Gasteiger partial charge in [-0.05, 0) is 52.4 Å². The van der Waals surface area contributed by atoms with Crippen LogP contribution in [0.4, 0.5) is 11.4 Å². The Bertz CT molecular complexity index is 1010. The van der Waals surface area contributed by atoms with Crippen LogP contribution in [-0.4, -0.2) is 20.4 Å². The van der Waals surface area contributed by atoms with Crippen molar-refractivity contribution in [2.45, 2.75) is 12.5 Å². The molecule has 1 aromatic heterocycles. The number of nitro benzene ring substituents is 1. The summed E-state index contributed by atoms with van der Waals surface area (Å²) in [6.45, 7) is 0. The van der Waals surface area contributed by atoms with Crippen molar-refractivity contribution >= 4 is 39.7 Å². The van der Waals surface area contributed by atoms with Gasteiger partial charge in [-0.15, -0.1) is 0 Å². The third-order valence-electron chi connectivity index (χ3n) is 4.52. The Balaban J connectivity index is 1.72. The van der Waals surface area contributed by atoms with Crippen LogP contribution in [0.15, 0.2) is 66.0 Å². The van der Waals surface area contributed by atoms with E-state index in [-0.39, 0.29) is 11.7 Å². The van der Waals surface area contributed by atoms with Gasteiger partial charge in [0.15, 0.2) is 0 Å². The van der Waals surface area contributed by atoms with Crippen molar-refractivity contribution in [3.05, 3.63) is 85.7 Å². The van der Waals surface area contributed by atoms with Crippen LogP contribution in [0.2, 0.25) is 0 Å². The second-order valence-electron chi connectivity index (χ2n) is 6.34. The first kappa shape index (κ1) is 17.7. The van der Waals surface area contributed by atoms with E-state index in [0.717, 1.165) is 28.9 Å². The summed E-state index contributed by atoms with van der Waals surface area (Å²) in [5.41, 5.74) is 4.00. The summed E-state index contributed by atoms with van der Waals surface area (Å²) in [6.07, 6.45) is 4.56. The lowest BCUT2D eigenvalue weighted by Crippen LogP contribution is -2.18. The molecule has 1 aliphatic heterocycles. The maximum Gasteiger partial charge on any atom is 0.269 e. The lowest BCUT2D eigenvalue weighted by molar-refractivity contribution is -0.384. The number of nitrogens with zero attached hydrogens (tertiary/aromatic N) is 5. The first-order chi connectivity index (χ1) is 13.0. The van der Waals surface area contributed by atoms with Gasteiger partial charge in [-0.1, -0.05) is 12.1 Å². The van der Waals surface area contributed by atoms with Gasteiger partial charge in [0.2, 0.25) is 0 Å². The van der Waals surface area contributed by atoms with Gasteiger partial charge in [0.05, 0.1) is 28.6 Å². The molecule has 0 aliphatic carbocycles. The molecule has 0 saturated heterocycles. The fourth-order valence-corrected chi connectivity index (χ4v) is 3.52. The number of hydrazone groups is 1. The normalized spacial score (nSPS) is 16.4. The van der Waals surface area contributed by atoms with E-state index >= 15 is 0 Å². The molecule has 7 nitrogen and oxygen atoms in total. The maximum absolute atomic E-state index is 10.9. The van der Waals surface area contributed by atoms with Crippen molar-refractivity contribution in [3.8, 4) is 0 Å². The number of non-ortho nitro benzene ring substituents is 1. The molecule has 27 heavy (non-hydrogen) atoms. The van der Waals surface area contributed by atoms with Gasteiger partial charge in [-0.3, -0.25) is 19.8 Å². The molecule has 0 N–H and O–H groups in total. The molecule has 1 aliphatic rings. The predicted octanol–water partition coefficient (Wildman–Crippen LogP) is 4.29. The van der Waals surface area contributed by atoms with Crippen LogP contribution in [0.25, 0.3) is 0 Å². The Hall–Kier alpha value is -2.75. The third kappa shape index (κ3) is 3.57. The highest BCUT2D eigenvalue weighted by molar-refractivity contribution is 14.1. The summed E-state index contributed by atoms with van der Waals surface area (Å²) in [5, 5.41) is 22.0. The van der Waals surface area contributed by atoms with Gasteiger partial charge >= 0.3 is 0 Å². The van der Waals surface area contributed by atoms with E-state index in [9.17, 15) is 10.1 Å². The Labute approximate surface area is 169 Å². The molecule has 0 unspecified atom stereocenters. The first-order valence-corrected chi connectivity index (χ1v) is 9.45. The Kier molecular flexibility index (Phi) is 4.65. The third-order valence-corrected chi connectivity index (χ3v) is 5.24. The minimum atomic E-state index is -0.396. The van der Waals surface area contributed by atoms with Crippen molar-refractivity contribution in [2.24, 2.45) is 12.1 Å². The van der Waals surface area contributed by atoms with E-state index in [0.29, 0.717) is 0 Å². The number of anilines is 1. The van der Waals surface area contributed by atoms with E-state index in [1.54, 1.807) is 16.8 Å². The molecule has 0 fully saturated rings. The molecule has 2 aromatic carbocycles. The number of aromatic nitrogens is 2. The van der Waals surface area contributed by atoms with Gasteiger partial charge in [-0.25, -0.2) is 0 Å². The number of halogens is 1. The van der Waals surface area contributed by atoms with Crippen molar-refractivity contribution in [2.75, 3.05) is 5.01 Å². The smallest absolute Gasteiger partial charge is 0.269 e. The van der Waals surface area contributed by atoms with E-state index in [1.165, 1.54) is 15.7 Å². The molecule has 0 radical (unpaired) electrons. The first-order valence-electron chi connectivity index (χ1n) is 8.37. The van der Waals surface area contributed by atoms with Crippen LogP contribution in [-0.2, 0) is 7.05 Å². The molecule has 3 aromatic rings. The summed E-state index contributed by atoms with van der Waals surface area (Å²) < 4.78 is 2.94.